The fourth-order valence-electron chi connectivity index (χ4n) is 3.35. The Kier molecular flexibility index (Phi) is 4.47. The van der Waals surface area contributed by atoms with E-state index in [-0.39, 0.29) is 17.4 Å². The van der Waals surface area contributed by atoms with E-state index in [1.165, 1.54) is 17.7 Å². The van der Waals surface area contributed by atoms with Gasteiger partial charge in [-0.05, 0) is 41.8 Å². The molecule has 0 radical (unpaired) electrons. The molecule has 3 rings (SSSR count). The highest BCUT2D eigenvalue weighted by Crippen LogP contribution is 2.55. The van der Waals surface area contributed by atoms with Crippen molar-refractivity contribution < 1.29 is 8.42 Å². The third-order valence-corrected chi connectivity index (χ3v) is 7.44. The highest BCUT2D eigenvalue weighted by atomic mass is 35.5. The molecule has 0 amide bonds. The molecule has 3 atom stereocenters. The van der Waals surface area contributed by atoms with Gasteiger partial charge in [0.25, 0.3) is 0 Å². The van der Waals surface area contributed by atoms with Gasteiger partial charge >= 0.3 is 0 Å². The second-order valence-electron chi connectivity index (χ2n) is 6.31. The largest absolute Gasteiger partial charge is 0.329 e. The van der Waals surface area contributed by atoms with Gasteiger partial charge in [0, 0.05) is 17.5 Å². The summed E-state index contributed by atoms with van der Waals surface area (Å²) in [6, 6.07) is 14.1. The third-order valence-electron chi connectivity index (χ3n) is 4.88. The number of aryl methyl sites for hydroxylation is 1. The van der Waals surface area contributed by atoms with E-state index < -0.39 is 20.6 Å². The molecule has 1 aliphatic carbocycles. The Morgan fingerprint density at radius 1 is 1.08 bits per heavy atom. The fraction of sp³-hybridized carbons (Fsp3) is 0.333. The summed E-state index contributed by atoms with van der Waals surface area (Å²) < 4.78 is 26.0. The molecule has 1 fully saturated rings. The molecule has 0 saturated heterocycles. The van der Waals surface area contributed by atoms with Gasteiger partial charge in [0.1, 0.15) is 0 Å². The van der Waals surface area contributed by atoms with Crippen LogP contribution >= 0.6 is 11.6 Å². The lowest BCUT2D eigenvalue weighted by atomic mass is 10.0. The molecule has 4 N–H and O–H groups in total. The Hall–Kier alpha value is -1.40. The molecule has 2 aromatic carbocycles. The number of halogens is 1. The molecule has 0 unspecified atom stereocenters. The predicted octanol–water partition coefficient (Wildman–Crippen LogP) is 2.50. The second-order valence-corrected chi connectivity index (χ2v) is 8.81. The van der Waals surface area contributed by atoms with E-state index >= 15 is 0 Å². The predicted molar refractivity (Wildman–Crippen MR) is 97.0 cm³/mol. The number of hydrogen-bond donors (Lipinski definition) is 2. The Morgan fingerprint density at radius 2 is 1.67 bits per heavy atom. The van der Waals surface area contributed by atoms with Crippen LogP contribution in [0.4, 0.5) is 0 Å². The minimum Gasteiger partial charge on any atom is -0.329 e. The van der Waals surface area contributed by atoms with E-state index in [9.17, 15) is 8.42 Å². The monoisotopic (exact) mass is 364 g/mol. The average Bonchev–Trinajstić information content (AvgIpc) is 3.23. The van der Waals surface area contributed by atoms with Gasteiger partial charge in [-0.25, -0.2) is 8.42 Å². The summed E-state index contributed by atoms with van der Waals surface area (Å²) in [4.78, 5) is 0.229. The summed E-state index contributed by atoms with van der Waals surface area (Å²) in [6.45, 7) is 2.19. The maximum absolute atomic E-state index is 13.0. The van der Waals surface area contributed by atoms with Gasteiger partial charge in [-0.1, -0.05) is 42.8 Å². The Bertz CT molecular complexity index is 834. The summed E-state index contributed by atoms with van der Waals surface area (Å²) in [7, 11) is -3.58. The van der Waals surface area contributed by atoms with Crippen LogP contribution in [-0.2, 0) is 16.3 Å². The highest BCUT2D eigenvalue weighted by Gasteiger charge is 2.68. The molecular formula is C18H21ClN2O2S. The molecule has 0 heterocycles. The topological polar surface area (TPSA) is 86.2 Å². The van der Waals surface area contributed by atoms with E-state index in [1.807, 2.05) is 24.3 Å². The first-order chi connectivity index (χ1) is 11.3. The van der Waals surface area contributed by atoms with Crippen molar-refractivity contribution in [3.8, 4) is 0 Å². The van der Waals surface area contributed by atoms with Crippen LogP contribution in [0.1, 0.15) is 24.0 Å². The number of hydrogen-bond acceptors (Lipinski definition) is 4. The van der Waals surface area contributed by atoms with Gasteiger partial charge in [-0.15, -0.1) is 0 Å². The van der Waals surface area contributed by atoms with Crippen LogP contribution in [0.5, 0.6) is 0 Å². The van der Waals surface area contributed by atoms with Crippen molar-refractivity contribution in [1.82, 2.24) is 0 Å². The van der Waals surface area contributed by atoms with E-state index in [4.69, 9.17) is 23.1 Å². The van der Waals surface area contributed by atoms with E-state index in [2.05, 4.69) is 6.92 Å². The molecule has 128 valence electrons. The summed E-state index contributed by atoms with van der Waals surface area (Å²) in [5, 5.41) is -0.224. The molecule has 0 spiro atoms. The van der Waals surface area contributed by atoms with E-state index in [1.54, 1.807) is 12.1 Å². The van der Waals surface area contributed by atoms with Gasteiger partial charge in [-0.3, -0.25) is 0 Å². The maximum atomic E-state index is 13.0. The van der Waals surface area contributed by atoms with E-state index in [0.717, 1.165) is 12.0 Å². The van der Waals surface area contributed by atoms with Crippen LogP contribution in [0.2, 0.25) is 5.02 Å². The lowest BCUT2D eigenvalue weighted by Crippen LogP contribution is -2.39. The number of rotatable bonds is 5. The van der Waals surface area contributed by atoms with Crippen molar-refractivity contribution in [3.05, 3.63) is 64.7 Å². The fourth-order valence-corrected chi connectivity index (χ4v) is 5.80. The van der Waals surface area contributed by atoms with Crippen molar-refractivity contribution in [2.45, 2.75) is 34.9 Å². The molecule has 0 aliphatic heterocycles. The number of nitrogens with two attached hydrogens (primary N) is 2. The van der Waals surface area contributed by atoms with E-state index in [0.29, 0.717) is 5.02 Å². The molecule has 6 heteroatoms. The summed E-state index contributed by atoms with van der Waals surface area (Å²) in [6.07, 6.45) is 0.933. The lowest BCUT2D eigenvalue weighted by Gasteiger charge is -2.09. The molecule has 1 aliphatic rings. The van der Waals surface area contributed by atoms with Crippen LogP contribution in [0, 0.1) is 0 Å². The molecule has 0 aromatic heterocycles. The van der Waals surface area contributed by atoms with Crippen LogP contribution in [0.25, 0.3) is 0 Å². The van der Waals surface area contributed by atoms with Crippen molar-refractivity contribution >= 4 is 21.4 Å². The first-order valence-electron chi connectivity index (χ1n) is 7.92. The zero-order valence-corrected chi connectivity index (χ0v) is 15.0. The summed E-state index contributed by atoms with van der Waals surface area (Å²) in [5.74, 6) is -0.297. The Labute approximate surface area is 147 Å². The van der Waals surface area contributed by atoms with Gasteiger partial charge in [0.2, 0.25) is 0 Å². The van der Waals surface area contributed by atoms with Crippen LogP contribution in [0.15, 0.2) is 53.4 Å². The molecule has 0 bridgehead atoms. The van der Waals surface area contributed by atoms with Gasteiger partial charge in [-0.2, -0.15) is 0 Å². The first-order valence-corrected chi connectivity index (χ1v) is 9.84. The second kappa shape index (κ2) is 6.15. The standard InChI is InChI=1S/C18H21ClN2O2S/c1-2-12-3-5-13(6-4-12)16-17(18(16,21)11-20)24(22,23)15-9-7-14(19)8-10-15/h3-10,16-17H,2,11,20-21H2,1H3/t16-,17-,18-/m1/s1. The molecule has 1 saturated carbocycles. The quantitative estimate of drug-likeness (QED) is 0.853. The van der Waals surface area contributed by atoms with Crippen molar-refractivity contribution in [3.63, 3.8) is 0 Å². The first kappa shape index (κ1) is 17.4. The molecular weight excluding hydrogens is 344 g/mol. The zero-order chi connectivity index (χ0) is 17.5. The molecule has 2 aromatic rings. The molecule has 4 nitrogen and oxygen atoms in total. The van der Waals surface area contributed by atoms with Gasteiger partial charge in [0.05, 0.1) is 15.7 Å². The summed E-state index contributed by atoms with van der Waals surface area (Å²) >= 11 is 5.85. The number of sulfone groups is 1. The van der Waals surface area contributed by atoms with Crippen molar-refractivity contribution in [2.75, 3.05) is 6.54 Å². The lowest BCUT2D eigenvalue weighted by molar-refractivity contribution is 0.586. The van der Waals surface area contributed by atoms with Crippen molar-refractivity contribution in [1.29, 1.82) is 0 Å². The van der Waals surface area contributed by atoms with Crippen LogP contribution in [-0.4, -0.2) is 25.8 Å². The van der Waals surface area contributed by atoms with Crippen LogP contribution in [0.3, 0.4) is 0 Å². The molecule has 24 heavy (non-hydrogen) atoms. The minimum absolute atomic E-state index is 0.116. The third kappa shape index (κ3) is 2.75. The minimum atomic E-state index is -3.58. The van der Waals surface area contributed by atoms with Gasteiger partial charge < -0.3 is 11.5 Å². The Morgan fingerprint density at radius 3 is 2.17 bits per heavy atom. The SMILES string of the molecule is CCc1ccc([C@@H]2[C@@H](S(=O)(=O)c3ccc(Cl)cc3)[C@@]2(N)CN)cc1. The smallest absolute Gasteiger partial charge is 0.183 e. The van der Waals surface area contributed by atoms with Crippen LogP contribution < -0.4 is 11.5 Å². The maximum Gasteiger partial charge on any atom is 0.183 e. The normalized spacial score (nSPS) is 26.3. The average molecular weight is 365 g/mol. The summed E-state index contributed by atoms with van der Waals surface area (Å²) in [5.41, 5.74) is 13.4. The highest BCUT2D eigenvalue weighted by molar-refractivity contribution is 7.92. The Balaban J connectivity index is 1.98. The van der Waals surface area contributed by atoms with Gasteiger partial charge in [0.15, 0.2) is 9.84 Å². The number of benzene rings is 2. The zero-order valence-electron chi connectivity index (χ0n) is 13.4. The van der Waals surface area contributed by atoms with Crippen molar-refractivity contribution in [2.24, 2.45) is 11.5 Å².